The van der Waals surface area contributed by atoms with Gasteiger partial charge in [-0.1, -0.05) is 12.1 Å². The number of aromatic nitrogens is 4. The summed E-state index contributed by atoms with van der Waals surface area (Å²) >= 11 is 0. The predicted octanol–water partition coefficient (Wildman–Crippen LogP) is 4.88. The number of alkyl halides is 3. The number of hydrogen-bond acceptors (Lipinski definition) is 7. The Balaban J connectivity index is 0.000000470. The molecule has 2 N–H and O–H groups in total. The van der Waals surface area contributed by atoms with Crippen molar-refractivity contribution in [1.82, 2.24) is 19.7 Å². The van der Waals surface area contributed by atoms with Gasteiger partial charge in [-0.25, -0.2) is 23.5 Å². The van der Waals surface area contributed by atoms with Crippen LogP contribution >= 0.6 is 0 Å². The number of aliphatic carboxylic acids is 1. The van der Waals surface area contributed by atoms with Crippen molar-refractivity contribution in [2.45, 2.75) is 12.7 Å². The average Bonchev–Trinajstić information content (AvgIpc) is 3.43. The molecule has 9 nitrogen and oxygen atoms in total. The lowest BCUT2D eigenvalue weighted by Gasteiger charge is -2.29. The highest BCUT2D eigenvalue weighted by atomic mass is 19.4. The molecule has 1 fully saturated rings. The summed E-state index contributed by atoms with van der Waals surface area (Å²) in [6, 6.07) is 14.1. The standard InChI is InChI=1S/C24H22F2N6O.C2HF3O2/c25-19-12-18(13-21(14-19)31-7-9-33-10-8-31)23-22(26)15-27-24(30-23)29-20-4-1-3-17(11-20)16-32-6-2-5-28-32;3-2(4,5)1(6)7/h1-6,11-15H,7-10,16H2,(H,27,29,30);(H,6,7). The van der Waals surface area contributed by atoms with Crippen LogP contribution in [0.15, 0.2) is 67.1 Å². The zero-order chi connectivity index (χ0) is 28.7. The van der Waals surface area contributed by atoms with Crippen LogP contribution < -0.4 is 10.2 Å². The molecular formula is C26H23F5N6O3. The number of nitrogens with zero attached hydrogens (tertiary/aromatic N) is 5. The summed E-state index contributed by atoms with van der Waals surface area (Å²) in [5.41, 5.74) is 2.85. The van der Waals surface area contributed by atoms with Gasteiger partial charge in [-0.15, -0.1) is 0 Å². The average molecular weight is 562 g/mol. The highest BCUT2D eigenvalue weighted by Gasteiger charge is 2.38. The molecule has 40 heavy (non-hydrogen) atoms. The van der Waals surface area contributed by atoms with Crippen molar-refractivity contribution < 1.29 is 36.6 Å². The minimum Gasteiger partial charge on any atom is -0.475 e. The third-order valence-electron chi connectivity index (χ3n) is 5.61. The third-order valence-corrected chi connectivity index (χ3v) is 5.61. The van der Waals surface area contributed by atoms with E-state index in [1.54, 1.807) is 12.3 Å². The van der Waals surface area contributed by atoms with Crippen molar-refractivity contribution >= 4 is 23.3 Å². The van der Waals surface area contributed by atoms with E-state index in [1.807, 2.05) is 46.1 Å². The highest BCUT2D eigenvalue weighted by molar-refractivity contribution is 5.73. The Morgan fingerprint density at radius 2 is 1.82 bits per heavy atom. The smallest absolute Gasteiger partial charge is 0.475 e. The fourth-order valence-corrected chi connectivity index (χ4v) is 3.80. The Morgan fingerprint density at radius 1 is 1.07 bits per heavy atom. The number of nitrogens with one attached hydrogen (secondary N) is 1. The fourth-order valence-electron chi connectivity index (χ4n) is 3.80. The first-order chi connectivity index (χ1) is 19.1. The van der Waals surface area contributed by atoms with Crippen LogP contribution in [-0.4, -0.2) is 63.3 Å². The summed E-state index contributed by atoms with van der Waals surface area (Å²) in [5, 5.41) is 14.5. The van der Waals surface area contributed by atoms with Gasteiger partial charge in [0.15, 0.2) is 5.82 Å². The second-order valence-corrected chi connectivity index (χ2v) is 8.52. The number of ether oxygens (including phenoxy) is 1. The maximum atomic E-state index is 14.7. The van der Waals surface area contributed by atoms with Gasteiger partial charge in [0.25, 0.3) is 0 Å². The molecule has 0 bridgehead atoms. The molecule has 0 unspecified atom stereocenters. The van der Waals surface area contributed by atoms with Crippen molar-refractivity contribution in [3.63, 3.8) is 0 Å². The zero-order valence-corrected chi connectivity index (χ0v) is 20.8. The number of hydrogen-bond donors (Lipinski definition) is 2. The second-order valence-electron chi connectivity index (χ2n) is 8.52. The molecule has 0 atom stereocenters. The maximum Gasteiger partial charge on any atom is 0.490 e. The van der Waals surface area contributed by atoms with Gasteiger partial charge >= 0.3 is 12.1 Å². The Morgan fingerprint density at radius 3 is 2.50 bits per heavy atom. The van der Waals surface area contributed by atoms with E-state index < -0.39 is 23.8 Å². The van der Waals surface area contributed by atoms with Crippen LogP contribution in [-0.2, 0) is 16.1 Å². The molecular weight excluding hydrogens is 539 g/mol. The molecule has 2 aromatic carbocycles. The highest BCUT2D eigenvalue weighted by Crippen LogP contribution is 2.28. The summed E-state index contributed by atoms with van der Waals surface area (Å²) in [6.07, 6.45) is -0.371. The second kappa shape index (κ2) is 12.5. The summed E-state index contributed by atoms with van der Waals surface area (Å²) in [5.74, 6) is -3.60. The van der Waals surface area contributed by atoms with Crippen LogP contribution in [0.5, 0.6) is 0 Å². The van der Waals surface area contributed by atoms with E-state index in [2.05, 4.69) is 20.4 Å². The van der Waals surface area contributed by atoms with Gasteiger partial charge in [0, 0.05) is 42.4 Å². The Bertz CT molecular complexity index is 1440. The first-order valence-corrected chi connectivity index (χ1v) is 11.9. The van der Waals surface area contributed by atoms with Gasteiger partial charge in [-0.2, -0.15) is 18.3 Å². The van der Waals surface area contributed by atoms with Crippen LogP contribution in [0.25, 0.3) is 11.3 Å². The lowest BCUT2D eigenvalue weighted by Crippen LogP contribution is -2.36. The van der Waals surface area contributed by atoms with Crippen LogP contribution in [0.2, 0.25) is 0 Å². The van der Waals surface area contributed by atoms with Crippen molar-refractivity contribution in [3.05, 3.63) is 84.3 Å². The molecule has 5 rings (SSSR count). The van der Waals surface area contributed by atoms with Crippen LogP contribution in [0.3, 0.4) is 0 Å². The Kier molecular flexibility index (Phi) is 8.89. The van der Waals surface area contributed by atoms with Gasteiger partial charge in [0.1, 0.15) is 11.5 Å². The normalized spacial score (nSPS) is 13.4. The largest absolute Gasteiger partial charge is 0.490 e. The van der Waals surface area contributed by atoms with Gasteiger partial charge < -0.3 is 20.1 Å². The number of carboxylic acids is 1. The predicted molar refractivity (Wildman–Crippen MR) is 135 cm³/mol. The van der Waals surface area contributed by atoms with Crippen LogP contribution in [0.4, 0.5) is 39.3 Å². The molecule has 1 aliphatic heterocycles. The lowest BCUT2D eigenvalue weighted by molar-refractivity contribution is -0.192. The van der Waals surface area contributed by atoms with Gasteiger partial charge in [0.2, 0.25) is 5.95 Å². The molecule has 0 aliphatic carbocycles. The Hall–Kier alpha value is -4.59. The topological polar surface area (TPSA) is 105 Å². The van der Waals surface area contributed by atoms with E-state index in [0.717, 1.165) is 17.4 Å². The summed E-state index contributed by atoms with van der Waals surface area (Å²) in [4.78, 5) is 19.3. The number of rotatable bonds is 6. The molecule has 0 radical (unpaired) electrons. The lowest BCUT2D eigenvalue weighted by atomic mass is 10.1. The number of anilines is 3. The van der Waals surface area contributed by atoms with E-state index in [0.29, 0.717) is 44.1 Å². The minimum atomic E-state index is -5.08. The zero-order valence-electron chi connectivity index (χ0n) is 20.8. The van der Waals surface area contributed by atoms with Crippen molar-refractivity contribution in [1.29, 1.82) is 0 Å². The van der Waals surface area contributed by atoms with Gasteiger partial charge in [-0.3, -0.25) is 4.68 Å². The monoisotopic (exact) mass is 562 g/mol. The van der Waals surface area contributed by atoms with E-state index in [-0.39, 0.29) is 11.6 Å². The molecule has 1 saturated heterocycles. The van der Waals surface area contributed by atoms with Crippen molar-refractivity contribution in [3.8, 4) is 11.3 Å². The molecule has 0 spiro atoms. The molecule has 14 heteroatoms. The summed E-state index contributed by atoms with van der Waals surface area (Å²) in [6.45, 7) is 3.06. The molecule has 0 amide bonds. The van der Waals surface area contributed by atoms with Crippen molar-refractivity contribution in [2.75, 3.05) is 36.5 Å². The molecule has 2 aromatic heterocycles. The molecule has 0 saturated carbocycles. The van der Waals surface area contributed by atoms with E-state index >= 15 is 0 Å². The quantitative estimate of drug-likeness (QED) is 0.321. The van der Waals surface area contributed by atoms with Gasteiger partial charge in [0.05, 0.1) is 26.0 Å². The SMILES string of the molecule is Fc1cc(-c2nc(Nc3cccc(Cn4cccn4)c3)ncc2F)cc(N2CCOCC2)c1.O=C(O)C(F)(F)F. The van der Waals surface area contributed by atoms with E-state index in [4.69, 9.17) is 14.6 Å². The minimum absolute atomic E-state index is 0.0363. The number of halogens is 5. The maximum absolute atomic E-state index is 14.7. The Labute approximate surface area is 224 Å². The van der Waals surface area contributed by atoms with E-state index in [1.165, 1.54) is 12.1 Å². The van der Waals surface area contributed by atoms with Crippen LogP contribution in [0, 0.1) is 11.6 Å². The number of carbonyl (C=O) groups is 1. The third kappa shape index (κ3) is 7.72. The summed E-state index contributed by atoms with van der Waals surface area (Å²) in [7, 11) is 0. The molecule has 210 valence electrons. The van der Waals surface area contributed by atoms with Crippen LogP contribution in [0.1, 0.15) is 5.56 Å². The number of carboxylic acid groups (broad SMARTS) is 1. The molecule has 3 heterocycles. The number of benzene rings is 2. The van der Waals surface area contributed by atoms with Gasteiger partial charge in [-0.05, 0) is 42.0 Å². The molecule has 1 aliphatic rings. The molecule has 4 aromatic rings. The fraction of sp³-hybridized carbons (Fsp3) is 0.231. The van der Waals surface area contributed by atoms with E-state index in [9.17, 15) is 22.0 Å². The van der Waals surface area contributed by atoms with Crippen molar-refractivity contribution in [2.24, 2.45) is 0 Å². The summed E-state index contributed by atoms with van der Waals surface area (Å²) < 4.78 is 68.0. The first kappa shape index (κ1) is 28.4. The number of morpholine rings is 1. The first-order valence-electron chi connectivity index (χ1n) is 11.9.